The normalized spacial score (nSPS) is 11.8. The zero-order valence-corrected chi connectivity index (χ0v) is 15.4. The van der Waals surface area contributed by atoms with Gasteiger partial charge < -0.3 is 10.1 Å². The first kappa shape index (κ1) is 18.3. The molecule has 1 aromatic heterocycles. The van der Waals surface area contributed by atoms with Gasteiger partial charge in [0.15, 0.2) is 5.92 Å². The minimum absolute atomic E-state index is 0.168. The fourth-order valence-corrected chi connectivity index (χ4v) is 2.68. The van der Waals surface area contributed by atoms with Crippen LogP contribution in [0.15, 0.2) is 48.5 Å². The lowest BCUT2D eigenvalue weighted by Gasteiger charge is -2.16. The highest BCUT2D eigenvalue weighted by Gasteiger charge is 2.28. The van der Waals surface area contributed by atoms with E-state index < -0.39 is 11.8 Å². The molecular weight excluding hydrogens is 340 g/mol. The minimum atomic E-state index is -1.14. The number of carbonyl (C=O) groups excluding carboxylic acids is 1. The van der Waals surface area contributed by atoms with Crippen molar-refractivity contribution < 1.29 is 9.53 Å². The van der Waals surface area contributed by atoms with E-state index in [2.05, 4.69) is 15.3 Å². The molecule has 0 aliphatic heterocycles. The van der Waals surface area contributed by atoms with Crippen molar-refractivity contribution in [1.29, 1.82) is 5.26 Å². The highest BCUT2D eigenvalue weighted by atomic mass is 16.5. The number of nitrogens with zero attached hydrogens (tertiary/aromatic N) is 3. The summed E-state index contributed by atoms with van der Waals surface area (Å²) in [5.74, 6) is -1.41. The van der Waals surface area contributed by atoms with Crippen LogP contribution in [-0.2, 0) is 4.79 Å². The average molecular weight is 360 g/mol. The largest absolute Gasteiger partial charge is 0.474 e. The van der Waals surface area contributed by atoms with Gasteiger partial charge in [-0.1, -0.05) is 24.3 Å². The summed E-state index contributed by atoms with van der Waals surface area (Å²) in [6.45, 7) is 5.64. The van der Waals surface area contributed by atoms with Gasteiger partial charge in [-0.05, 0) is 50.6 Å². The van der Waals surface area contributed by atoms with Crippen LogP contribution in [0, 0.1) is 18.3 Å². The standard InChI is InChI=1S/C21H20N4O2/c1-13(2)27-21-19(24-17-9-4-5-10-18(17)25-21)16(12-22)20(26)23-15-8-6-7-14(3)11-15/h4-11,13,16H,1-3H3,(H,23,26). The SMILES string of the molecule is Cc1cccc(NC(=O)C(C#N)c2nc3ccccc3nc2OC(C)C)c1. The molecule has 1 atom stereocenters. The number of ether oxygens (including phenoxy) is 1. The van der Waals surface area contributed by atoms with E-state index in [1.54, 1.807) is 12.1 Å². The molecule has 3 aromatic rings. The van der Waals surface area contributed by atoms with Crippen molar-refractivity contribution in [3.8, 4) is 11.9 Å². The van der Waals surface area contributed by atoms with Crippen LogP contribution in [0.3, 0.4) is 0 Å². The molecule has 1 heterocycles. The Morgan fingerprint density at radius 1 is 1.11 bits per heavy atom. The molecule has 0 aliphatic carbocycles. The van der Waals surface area contributed by atoms with Crippen LogP contribution < -0.4 is 10.1 Å². The van der Waals surface area contributed by atoms with Gasteiger partial charge in [0.2, 0.25) is 11.8 Å². The van der Waals surface area contributed by atoms with Gasteiger partial charge in [0.1, 0.15) is 5.69 Å². The molecule has 0 radical (unpaired) electrons. The van der Waals surface area contributed by atoms with Crippen LogP contribution >= 0.6 is 0 Å². The highest BCUT2D eigenvalue weighted by Crippen LogP contribution is 2.27. The van der Waals surface area contributed by atoms with Crippen molar-refractivity contribution in [2.75, 3.05) is 5.32 Å². The number of amides is 1. The van der Waals surface area contributed by atoms with E-state index in [9.17, 15) is 10.1 Å². The number of fused-ring (bicyclic) bond motifs is 1. The summed E-state index contributed by atoms with van der Waals surface area (Å²) in [6, 6.07) is 16.7. The zero-order valence-electron chi connectivity index (χ0n) is 15.4. The van der Waals surface area contributed by atoms with E-state index >= 15 is 0 Å². The predicted octanol–water partition coefficient (Wildman–Crippen LogP) is 3.97. The smallest absolute Gasteiger partial charge is 0.248 e. The molecule has 0 spiro atoms. The number of benzene rings is 2. The topological polar surface area (TPSA) is 87.9 Å². The quantitative estimate of drug-likeness (QED) is 0.744. The molecule has 0 saturated heterocycles. The Bertz CT molecular complexity index is 1020. The average Bonchev–Trinajstić information content (AvgIpc) is 2.62. The first-order valence-electron chi connectivity index (χ1n) is 8.68. The van der Waals surface area contributed by atoms with Crippen LogP contribution in [-0.4, -0.2) is 22.0 Å². The lowest BCUT2D eigenvalue weighted by molar-refractivity contribution is -0.116. The molecule has 1 N–H and O–H groups in total. The lowest BCUT2D eigenvalue weighted by Crippen LogP contribution is -2.23. The van der Waals surface area contributed by atoms with Gasteiger partial charge in [-0.25, -0.2) is 9.97 Å². The van der Waals surface area contributed by atoms with E-state index in [1.807, 2.05) is 63.2 Å². The predicted molar refractivity (Wildman–Crippen MR) is 103 cm³/mol. The third-order valence-electron chi connectivity index (χ3n) is 3.86. The summed E-state index contributed by atoms with van der Waals surface area (Å²) in [7, 11) is 0. The van der Waals surface area contributed by atoms with Crippen molar-refractivity contribution in [2.45, 2.75) is 32.8 Å². The molecule has 0 aliphatic rings. The van der Waals surface area contributed by atoms with Crippen molar-refractivity contribution in [3.05, 3.63) is 59.8 Å². The van der Waals surface area contributed by atoms with Crippen LogP contribution in [0.2, 0.25) is 0 Å². The van der Waals surface area contributed by atoms with Gasteiger partial charge >= 0.3 is 0 Å². The second kappa shape index (κ2) is 7.83. The molecule has 27 heavy (non-hydrogen) atoms. The molecular formula is C21H20N4O2. The Balaban J connectivity index is 2.01. The molecule has 2 aromatic carbocycles. The third kappa shape index (κ3) is 4.21. The molecule has 1 unspecified atom stereocenters. The Labute approximate surface area is 157 Å². The molecule has 6 nitrogen and oxygen atoms in total. The van der Waals surface area contributed by atoms with Crippen LogP contribution in [0.25, 0.3) is 11.0 Å². The Morgan fingerprint density at radius 2 is 1.81 bits per heavy atom. The Kier molecular flexibility index (Phi) is 5.32. The van der Waals surface area contributed by atoms with Gasteiger partial charge in [0.25, 0.3) is 0 Å². The summed E-state index contributed by atoms with van der Waals surface area (Å²) in [5.41, 5.74) is 3.10. The van der Waals surface area contributed by atoms with Crippen molar-refractivity contribution >= 4 is 22.6 Å². The first-order chi connectivity index (χ1) is 13.0. The van der Waals surface area contributed by atoms with Crippen LogP contribution in [0.4, 0.5) is 5.69 Å². The maximum absolute atomic E-state index is 12.8. The number of hydrogen-bond donors (Lipinski definition) is 1. The molecule has 136 valence electrons. The number of aryl methyl sites for hydroxylation is 1. The number of para-hydroxylation sites is 2. The Morgan fingerprint density at radius 3 is 2.44 bits per heavy atom. The van der Waals surface area contributed by atoms with E-state index in [4.69, 9.17) is 4.74 Å². The van der Waals surface area contributed by atoms with Crippen molar-refractivity contribution in [2.24, 2.45) is 0 Å². The fourth-order valence-electron chi connectivity index (χ4n) is 2.68. The molecule has 0 fully saturated rings. The second-order valence-corrected chi connectivity index (χ2v) is 6.49. The third-order valence-corrected chi connectivity index (χ3v) is 3.86. The van der Waals surface area contributed by atoms with E-state index in [1.165, 1.54) is 0 Å². The van der Waals surface area contributed by atoms with Gasteiger partial charge in [-0.3, -0.25) is 4.79 Å². The summed E-state index contributed by atoms with van der Waals surface area (Å²) in [5, 5.41) is 12.5. The summed E-state index contributed by atoms with van der Waals surface area (Å²) < 4.78 is 5.75. The van der Waals surface area contributed by atoms with Gasteiger partial charge in [0.05, 0.1) is 23.2 Å². The van der Waals surface area contributed by atoms with Crippen LogP contribution in [0.5, 0.6) is 5.88 Å². The summed E-state index contributed by atoms with van der Waals surface area (Å²) >= 11 is 0. The monoisotopic (exact) mass is 360 g/mol. The molecule has 6 heteroatoms. The van der Waals surface area contributed by atoms with Gasteiger partial charge in [-0.2, -0.15) is 5.26 Å². The Hall–Kier alpha value is -3.46. The maximum atomic E-state index is 12.8. The number of rotatable bonds is 5. The molecule has 0 saturated carbocycles. The number of carbonyl (C=O) groups is 1. The van der Waals surface area contributed by atoms with Crippen molar-refractivity contribution in [1.82, 2.24) is 9.97 Å². The van der Waals surface area contributed by atoms with Crippen LogP contribution in [0.1, 0.15) is 31.0 Å². The highest BCUT2D eigenvalue weighted by molar-refractivity contribution is 5.98. The van der Waals surface area contributed by atoms with Gasteiger partial charge in [-0.15, -0.1) is 0 Å². The summed E-state index contributed by atoms with van der Waals surface area (Å²) in [6.07, 6.45) is -0.168. The number of nitriles is 1. The lowest BCUT2D eigenvalue weighted by atomic mass is 10.1. The zero-order chi connectivity index (χ0) is 19.4. The minimum Gasteiger partial charge on any atom is -0.474 e. The van der Waals surface area contributed by atoms with E-state index in [0.29, 0.717) is 16.7 Å². The molecule has 0 bridgehead atoms. The second-order valence-electron chi connectivity index (χ2n) is 6.49. The number of aromatic nitrogens is 2. The van der Waals surface area contributed by atoms with E-state index in [-0.39, 0.29) is 17.7 Å². The molecule has 3 rings (SSSR count). The first-order valence-corrected chi connectivity index (χ1v) is 8.68. The van der Waals surface area contributed by atoms with E-state index in [0.717, 1.165) is 5.56 Å². The van der Waals surface area contributed by atoms with Gasteiger partial charge in [0, 0.05) is 5.69 Å². The maximum Gasteiger partial charge on any atom is 0.248 e. The number of anilines is 1. The fraction of sp³-hybridized carbons (Fsp3) is 0.238. The number of hydrogen-bond acceptors (Lipinski definition) is 5. The summed E-state index contributed by atoms with van der Waals surface area (Å²) in [4.78, 5) is 21.8. The molecule has 1 amide bonds. The number of nitrogens with one attached hydrogen (secondary N) is 1. The van der Waals surface area contributed by atoms with Crippen molar-refractivity contribution in [3.63, 3.8) is 0 Å².